The highest BCUT2D eigenvalue weighted by molar-refractivity contribution is 7.99. The van der Waals surface area contributed by atoms with Crippen molar-refractivity contribution < 1.29 is 4.79 Å². The average molecular weight is 472 g/mol. The molecular weight excluding hydrogens is 447 g/mol. The van der Waals surface area contributed by atoms with Crippen molar-refractivity contribution in [1.29, 1.82) is 0 Å². The standard InChI is InChI=1S/C22H25Cl3N2OS/c1-15(2)12-26(13-16-7-8-19(24)20(25)11-16)14-21(28)27-9-10-29-22(27)17-5-3-4-6-18(17)23/h3-8,11,15,22H,9-10,12-14H2,1-2H3/t22-/m1/s1. The van der Waals surface area contributed by atoms with E-state index in [0.29, 0.717) is 34.1 Å². The molecule has 0 aliphatic carbocycles. The highest BCUT2D eigenvalue weighted by atomic mass is 35.5. The molecule has 1 aliphatic heterocycles. The molecule has 0 unspecified atom stereocenters. The molecule has 1 aliphatic rings. The molecule has 1 heterocycles. The lowest BCUT2D eigenvalue weighted by molar-refractivity contribution is -0.132. The van der Waals surface area contributed by atoms with Crippen LogP contribution >= 0.6 is 46.6 Å². The van der Waals surface area contributed by atoms with Gasteiger partial charge in [-0.15, -0.1) is 11.8 Å². The van der Waals surface area contributed by atoms with E-state index < -0.39 is 0 Å². The minimum atomic E-state index is -0.0259. The Morgan fingerprint density at radius 3 is 2.59 bits per heavy atom. The quantitative estimate of drug-likeness (QED) is 0.468. The summed E-state index contributed by atoms with van der Waals surface area (Å²) in [5.41, 5.74) is 2.05. The molecule has 0 radical (unpaired) electrons. The summed E-state index contributed by atoms with van der Waals surface area (Å²) in [6.45, 7) is 6.89. The Balaban J connectivity index is 1.73. The van der Waals surface area contributed by atoms with Crippen molar-refractivity contribution in [3.05, 3.63) is 68.7 Å². The summed E-state index contributed by atoms with van der Waals surface area (Å²) >= 11 is 20.4. The number of nitrogens with zero attached hydrogens (tertiary/aromatic N) is 2. The zero-order valence-electron chi connectivity index (χ0n) is 16.6. The number of carbonyl (C=O) groups excluding carboxylic acids is 1. The van der Waals surface area contributed by atoms with Crippen LogP contribution in [0.1, 0.15) is 30.3 Å². The largest absolute Gasteiger partial charge is 0.325 e. The molecule has 3 rings (SSSR count). The fraction of sp³-hybridized carbons (Fsp3) is 0.409. The molecule has 0 aromatic heterocycles. The number of hydrogen-bond donors (Lipinski definition) is 0. The molecule has 3 nitrogen and oxygen atoms in total. The van der Waals surface area contributed by atoms with Gasteiger partial charge in [-0.1, -0.05) is 72.9 Å². The molecule has 0 spiro atoms. The highest BCUT2D eigenvalue weighted by Crippen LogP contribution is 2.40. The van der Waals surface area contributed by atoms with Crippen molar-refractivity contribution in [2.45, 2.75) is 25.8 Å². The number of carbonyl (C=O) groups is 1. The molecule has 156 valence electrons. The zero-order chi connectivity index (χ0) is 21.0. The zero-order valence-corrected chi connectivity index (χ0v) is 19.7. The van der Waals surface area contributed by atoms with Gasteiger partial charge >= 0.3 is 0 Å². The summed E-state index contributed by atoms with van der Waals surface area (Å²) in [7, 11) is 0. The van der Waals surface area contributed by atoms with Crippen LogP contribution < -0.4 is 0 Å². The molecule has 2 aromatic carbocycles. The van der Waals surface area contributed by atoms with Crippen LogP contribution in [0.25, 0.3) is 0 Å². The van der Waals surface area contributed by atoms with Crippen molar-refractivity contribution in [2.75, 3.05) is 25.4 Å². The first-order valence-electron chi connectivity index (χ1n) is 9.67. The third-order valence-corrected chi connectivity index (χ3v) is 7.08. The number of hydrogen-bond acceptors (Lipinski definition) is 3. The van der Waals surface area contributed by atoms with Gasteiger partial charge in [0.25, 0.3) is 0 Å². The molecule has 1 saturated heterocycles. The smallest absolute Gasteiger partial charge is 0.237 e. The summed E-state index contributed by atoms with van der Waals surface area (Å²) in [6.07, 6.45) is 0. The van der Waals surface area contributed by atoms with Crippen LogP contribution in [-0.4, -0.2) is 41.1 Å². The maximum Gasteiger partial charge on any atom is 0.237 e. The molecule has 1 atom stereocenters. The fourth-order valence-corrected chi connectivity index (χ4v) is 5.48. The molecule has 7 heteroatoms. The number of amides is 1. The van der Waals surface area contributed by atoms with E-state index in [1.165, 1.54) is 0 Å². The van der Waals surface area contributed by atoms with Gasteiger partial charge in [0.1, 0.15) is 5.37 Å². The average Bonchev–Trinajstić information content (AvgIpc) is 3.14. The van der Waals surface area contributed by atoms with Crippen LogP contribution in [0.2, 0.25) is 15.1 Å². The van der Waals surface area contributed by atoms with E-state index >= 15 is 0 Å². The predicted octanol–water partition coefficient (Wildman–Crippen LogP) is 6.38. The minimum Gasteiger partial charge on any atom is -0.325 e. The van der Waals surface area contributed by atoms with Gasteiger partial charge in [-0.3, -0.25) is 9.69 Å². The maximum absolute atomic E-state index is 13.2. The Bertz CT molecular complexity index is 862. The number of benzene rings is 2. The van der Waals surface area contributed by atoms with Gasteiger partial charge in [-0.2, -0.15) is 0 Å². The highest BCUT2D eigenvalue weighted by Gasteiger charge is 2.32. The van der Waals surface area contributed by atoms with Gasteiger partial charge in [0.2, 0.25) is 5.91 Å². The topological polar surface area (TPSA) is 23.6 Å². The van der Waals surface area contributed by atoms with Crippen LogP contribution in [0, 0.1) is 5.92 Å². The van der Waals surface area contributed by atoms with Crippen LogP contribution in [0.3, 0.4) is 0 Å². The molecule has 29 heavy (non-hydrogen) atoms. The summed E-state index contributed by atoms with van der Waals surface area (Å²) in [6, 6.07) is 13.4. The van der Waals surface area contributed by atoms with Crippen LogP contribution in [0.5, 0.6) is 0 Å². The third kappa shape index (κ3) is 6.05. The molecule has 1 fully saturated rings. The van der Waals surface area contributed by atoms with Crippen LogP contribution in [0.15, 0.2) is 42.5 Å². The number of halogens is 3. The Hall–Kier alpha value is -0.910. The monoisotopic (exact) mass is 470 g/mol. The van der Waals surface area contributed by atoms with Crippen molar-refractivity contribution in [3.8, 4) is 0 Å². The lowest BCUT2D eigenvalue weighted by Crippen LogP contribution is -2.41. The van der Waals surface area contributed by atoms with Gasteiger partial charge in [-0.25, -0.2) is 0 Å². The summed E-state index contributed by atoms with van der Waals surface area (Å²) in [5, 5.41) is 1.76. The van der Waals surface area contributed by atoms with E-state index in [-0.39, 0.29) is 11.3 Å². The third-order valence-electron chi connectivity index (χ3n) is 4.76. The van der Waals surface area contributed by atoms with Gasteiger partial charge in [-0.05, 0) is 29.7 Å². The summed E-state index contributed by atoms with van der Waals surface area (Å²) in [5.74, 6) is 1.48. The van der Waals surface area contributed by atoms with E-state index in [9.17, 15) is 4.79 Å². The number of rotatable bonds is 7. The van der Waals surface area contributed by atoms with Crippen molar-refractivity contribution in [2.24, 2.45) is 5.92 Å². The van der Waals surface area contributed by atoms with Crippen LogP contribution in [-0.2, 0) is 11.3 Å². The van der Waals surface area contributed by atoms with E-state index in [2.05, 4.69) is 18.7 Å². The van der Waals surface area contributed by atoms with E-state index in [4.69, 9.17) is 34.8 Å². The van der Waals surface area contributed by atoms with E-state index in [1.54, 1.807) is 17.8 Å². The Kier molecular flexibility index (Phi) is 8.17. The predicted molar refractivity (Wildman–Crippen MR) is 125 cm³/mol. The fourth-order valence-electron chi connectivity index (χ4n) is 3.54. The Morgan fingerprint density at radius 2 is 1.90 bits per heavy atom. The van der Waals surface area contributed by atoms with E-state index in [1.807, 2.05) is 41.3 Å². The normalized spacial score (nSPS) is 16.8. The first-order chi connectivity index (χ1) is 13.8. The first kappa shape index (κ1) is 22.8. The van der Waals surface area contributed by atoms with Crippen molar-refractivity contribution >= 4 is 52.5 Å². The van der Waals surface area contributed by atoms with Crippen LogP contribution in [0.4, 0.5) is 0 Å². The van der Waals surface area contributed by atoms with Crippen molar-refractivity contribution in [1.82, 2.24) is 9.80 Å². The Labute approximate surface area is 192 Å². The molecule has 0 N–H and O–H groups in total. The molecule has 0 saturated carbocycles. The number of thioether (sulfide) groups is 1. The lowest BCUT2D eigenvalue weighted by atomic mass is 10.1. The van der Waals surface area contributed by atoms with E-state index in [0.717, 1.165) is 30.0 Å². The second-order valence-corrected chi connectivity index (χ2v) is 10.1. The molecule has 0 bridgehead atoms. The second kappa shape index (κ2) is 10.4. The van der Waals surface area contributed by atoms with Gasteiger partial charge in [0.15, 0.2) is 0 Å². The first-order valence-corrected chi connectivity index (χ1v) is 11.8. The molecule has 2 aromatic rings. The summed E-state index contributed by atoms with van der Waals surface area (Å²) < 4.78 is 0. The minimum absolute atomic E-state index is 0.0259. The molecule has 1 amide bonds. The van der Waals surface area contributed by atoms with Gasteiger partial charge in [0, 0.05) is 36.0 Å². The SMILES string of the molecule is CC(C)CN(CC(=O)N1CCS[C@@H]1c1ccccc1Cl)Cc1ccc(Cl)c(Cl)c1. The van der Waals surface area contributed by atoms with Gasteiger partial charge in [0.05, 0.1) is 16.6 Å². The molecular formula is C22H25Cl3N2OS. The summed E-state index contributed by atoms with van der Waals surface area (Å²) in [4.78, 5) is 17.4. The second-order valence-electron chi connectivity index (χ2n) is 7.64. The lowest BCUT2D eigenvalue weighted by Gasteiger charge is -2.29. The Morgan fingerprint density at radius 1 is 1.14 bits per heavy atom. The van der Waals surface area contributed by atoms with Gasteiger partial charge < -0.3 is 4.90 Å². The van der Waals surface area contributed by atoms with Crippen molar-refractivity contribution in [3.63, 3.8) is 0 Å². The maximum atomic E-state index is 13.2.